The van der Waals surface area contributed by atoms with E-state index in [1.54, 1.807) is 24.3 Å². The van der Waals surface area contributed by atoms with Crippen LogP contribution in [0.1, 0.15) is 78.7 Å². The number of benzene rings is 2. The van der Waals surface area contributed by atoms with E-state index in [1.165, 1.54) is 17.6 Å². The minimum Gasteiger partial charge on any atom is -0.328 e. The highest BCUT2D eigenvalue weighted by molar-refractivity contribution is 6.05. The molecule has 166 valence electrons. The molecule has 4 rings (SSSR count). The van der Waals surface area contributed by atoms with Gasteiger partial charge in [0.15, 0.2) is 0 Å². The molecule has 1 fully saturated rings. The highest BCUT2D eigenvalue weighted by Gasteiger charge is 2.35. The lowest BCUT2D eigenvalue weighted by molar-refractivity contribution is -0.119. The summed E-state index contributed by atoms with van der Waals surface area (Å²) >= 11 is 0. The van der Waals surface area contributed by atoms with E-state index in [9.17, 15) is 14.4 Å². The second-order valence-electron chi connectivity index (χ2n) is 8.71. The van der Waals surface area contributed by atoms with Gasteiger partial charge in [-0.3, -0.25) is 14.4 Å². The molecule has 2 aromatic carbocycles. The Hall–Kier alpha value is -3.21. The number of carbonyl (C=O) groups excluding carboxylic acids is 3. The number of ketones is 1. The quantitative estimate of drug-likeness (QED) is 0.561. The fraction of sp³-hybridized carbons (Fsp3) is 0.370. The first-order chi connectivity index (χ1) is 15.5. The topological polar surface area (TPSA) is 66.5 Å². The first-order valence-electron chi connectivity index (χ1n) is 11.5. The number of rotatable bonds is 8. The number of hydrogen-bond acceptors (Lipinski definition) is 3. The number of anilines is 1. The molecule has 0 saturated heterocycles. The molecule has 1 heterocycles. The van der Waals surface area contributed by atoms with Gasteiger partial charge in [-0.25, -0.2) is 0 Å². The molecule has 2 aliphatic rings. The summed E-state index contributed by atoms with van der Waals surface area (Å²) in [4.78, 5) is 39.7. The zero-order valence-corrected chi connectivity index (χ0v) is 18.8. The molecular weight excluding hydrogens is 400 g/mol. The first-order valence-corrected chi connectivity index (χ1v) is 11.5. The van der Waals surface area contributed by atoms with Crippen molar-refractivity contribution in [3.63, 3.8) is 0 Å². The number of nitrogens with zero attached hydrogens (tertiary/aromatic N) is 1. The van der Waals surface area contributed by atoms with Crippen molar-refractivity contribution in [2.75, 3.05) is 5.32 Å². The maximum atomic E-state index is 13.3. The van der Waals surface area contributed by atoms with Crippen molar-refractivity contribution in [3.8, 4) is 0 Å². The van der Waals surface area contributed by atoms with Gasteiger partial charge in [0.25, 0.3) is 11.8 Å². The Morgan fingerprint density at radius 1 is 1.09 bits per heavy atom. The monoisotopic (exact) mass is 430 g/mol. The van der Waals surface area contributed by atoms with Crippen molar-refractivity contribution in [2.45, 2.75) is 65.0 Å². The van der Waals surface area contributed by atoms with Gasteiger partial charge in [-0.15, -0.1) is 0 Å². The van der Waals surface area contributed by atoms with Crippen LogP contribution in [-0.4, -0.2) is 28.5 Å². The molecule has 0 bridgehead atoms. The van der Waals surface area contributed by atoms with E-state index < -0.39 is 0 Å². The molecule has 0 aromatic heterocycles. The van der Waals surface area contributed by atoms with Gasteiger partial charge in [-0.1, -0.05) is 36.3 Å². The molecule has 0 spiro atoms. The van der Waals surface area contributed by atoms with Crippen molar-refractivity contribution in [2.24, 2.45) is 0 Å². The maximum Gasteiger partial charge on any atom is 0.255 e. The number of hydrogen-bond donors (Lipinski definition) is 1. The van der Waals surface area contributed by atoms with Crippen LogP contribution in [0.2, 0.25) is 0 Å². The molecule has 1 unspecified atom stereocenters. The number of carbonyl (C=O) groups is 3. The van der Waals surface area contributed by atoms with E-state index in [2.05, 4.69) is 12.2 Å². The molecule has 1 atom stereocenters. The van der Waals surface area contributed by atoms with Crippen LogP contribution < -0.4 is 5.32 Å². The summed E-state index contributed by atoms with van der Waals surface area (Å²) < 4.78 is 0. The van der Waals surface area contributed by atoms with Gasteiger partial charge in [0.1, 0.15) is 5.78 Å². The van der Waals surface area contributed by atoms with Crippen LogP contribution in [0, 0.1) is 0 Å². The highest BCUT2D eigenvalue weighted by atomic mass is 16.2. The van der Waals surface area contributed by atoms with Gasteiger partial charge < -0.3 is 10.2 Å². The summed E-state index contributed by atoms with van der Waals surface area (Å²) in [5.74, 6) is 0.0684. The number of allylic oxidation sites excluding steroid dienone is 1. The lowest BCUT2D eigenvalue weighted by Crippen LogP contribution is -2.37. The Morgan fingerprint density at radius 3 is 2.50 bits per heavy atom. The minimum atomic E-state index is -0.173. The van der Waals surface area contributed by atoms with Crippen molar-refractivity contribution >= 4 is 23.3 Å². The number of Topliss-reactive ketones (excluding diaryl/α,β-unsaturated/α-hetero) is 1. The van der Waals surface area contributed by atoms with Crippen LogP contribution in [0.4, 0.5) is 5.69 Å². The normalized spacial score (nSPS) is 15.8. The van der Waals surface area contributed by atoms with Crippen molar-refractivity contribution in [1.29, 1.82) is 0 Å². The fourth-order valence-corrected chi connectivity index (χ4v) is 4.53. The van der Waals surface area contributed by atoms with Gasteiger partial charge >= 0.3 is 0 Å². The van der Waals surface area contributed by atoms with Crippen molar-refractivity contribution in [1.82, 2.24) is 4.90 Å². The summed E-state index contributed by atoms with van der Waals surface area (Å²) in [7, 11) is 0. The molecule has 2 aromatic rings. The molecular formula is C27H30N2O3. The van der Waals surface area contributed by atoms with E-state index in [0.29, 0.717) is 42.6 Å². The third-order valence-corrected chi connectivity index (χ3v) is 6.71. The second-order valence-corrected chi connectivity index (χ2v) is 8.71. The van der Waals surface area contributed by atoms with Gasteiger partial charge in [0, 0.05) is 36.2 Å². The molecule has 1 N–H and O–H groups in total. The molecule has 5 heteroatoms. The van der Waals surface area contributed by atoms with Crippen LogP contribution in [0.25, 0.3) is 0 Å². The summed E-state index contributed by atoms with van der Waals surface area (Å²) in [6.07, 6.45) is 5.07. The third-order valence-electron chi connectivity index (χ3n) is 6.71. The molecule has 0 radical (unpaired) electrons. The number of fused-ring (bicyclic) bond motifs is 1. The SMILES string of the molecule is CCC(=O)CCC(C(C)=C1CCC1)N1Cc2cc(NC(=O)c3ccccc3)ccc2C1=O. The largest absolute Gasteiger partial charge is 0.328 e. The van der Waals surface area contributed by atoms with Gasteiger partial charge in [0.05, 0.1) is 6.04 Å². The molecule has 1 aliphatic heterocycles. The minimum absolute atomic E-state index is 0.00848. The second kappa shape index (κ2) is 9.51. The van der Waals surface area contributed by atoms with E-state index in [4.69, 9.17) is 0 Å². The Balaban J connectivity index is 1.54. The molecule has 5 nitrogen and oxygen atoms in total. The van der Waals surface area contributed by atoms with Crippen LogP contribution in [-0.2, 0) is 11.3 Å². The van der Waals surface area contributed by atoms with Gasteiger partial charge in [-0.05, 0) is 68.5 Å². The van der Waals surface area contributed by atoms with Crippen LogP contribution in [0.5, 0.6) is 0 Å². The van der Waals surface area contributed by atoms with Crippen LogP contribution in [0.15, 0.2) is 59.7 Å². The smallest absolute Gasteiger partial charge is 0.255 e. The summed E-state index contributed by atoms with van der Waals surface area (Å²) in [6, 6.07) is 14.5. The Morgan fingerprint density at radius 2 is 1.84 bits per heavy atom. The van der Waals surface area contributed by atoms with Crippen LogP contribution in [0.3, 0.4) is 0 Å². The number of amides is 2. The van der Waals surface area contributed by atoms with E-state index in [1.807, 2.05) is 36.1 Å². The van der Waals surface area contributed by atoms with Gasteiger partial charge in [-0.2, -0.15) is 0 Å². The Labute approximate surface area is 189 Å². The highest BCUT2D eigenvalue weighted by Crippen LogP contribution is 2.36. The molecule has 1 aliphatic carbocycles. The van der Waals surface area contributed by atoms with E-state index in [0.717, 1.165) is 18.4 Å². The molecule has 32 heavy (non-hydrogen) atoms. The average Bonchev–Trinajstić information content (AvgIpc) is 3.08. The van der Waals surface area contributed by atoms with Crippen molar-refractivity contribution < 1.29 is 14.4 Å². The molecule has 1 saturated carbocycles. The fourth-order valence-electron chi connectivity index (χ4n) is 4.53. The van der Waals surface area contributed by atoms with Crippen molar-refractivity contribution in [3.05, 3.63) is 76.4 Å². The Bertz CT molecular complexity index is 1070. The zero-order chi connectivity index (χ0) is 22.7. The summed E-state index contributed by atoms with van der Waals surface area (Å²) in [5, 5.41) is 2.93. The molecule has 2 amide bonds. The van der Waals surface area contributed by atoms with E-state index >= 15 is 0 Å². The third kappa shape index (κ3) is 4.52. The maximum absolute atomic E-state index is 13.3. The lowest BCUT2D eigenvalue weighted by atomic mass is 9.84. The predicted octanol–water partition coefficient (Wildman–Crippen LogP) is 5.52. The van der Waals surface area contributed by atoms with Gasteiger partial charge in [0.2, 0.25) is 0 Å². The lowest BCUT2D eigenvalue weighted by Gasteiger charge is -2.32. The zero-order valence-electron chi connectivity index (χ0n) is 18.8. The summed E-state index contributed by atoms with van der Waals surface area (Å²) in [6.45, 7) is 4.51. The standard InChI is InChI=1S/C27H30N2O3/c1-3-23(30)13-15-25(18(2)19-10-7-11-19)29-17-21-16-22(12-14-24(21)27(29)32)28-26(31)20-8-5-4-6-9-20/h4-6,8-9,12,14,16,25H,3,7,10-11,13,15,17H2,1-2H3,(H,28,31). The average molecular weight is 431 g/mol. The number of nitrogens with one attached hydrogen (secondary N) is 1. The van der Waals surface area contributed by atoms with Crippen LogP contribution >= 0.6 is 0 Å². The Kier molecular flexibility index (Phi) is 6.54. The first kappa shape index (κ1) is 22.0. The van der Waals surface area contributed by atoms with E-state index in [-0.39, 0.29) is 23.6 Å². The summed E-state index contributed by atoms with van der Waals surface area (Å²) in [5.41, 5.74) is 5.55. The predicted molar refractivity (Wildman–Crippen MR) is 126 cm³/mol.